The predicted molar refractivity (Wildman–Crippen MR) is 77.7 cm³/mol. The zero-order chi connectivity index (χ0) is 14.7. The van der Waals surface area contributed by atoms with E-state index < -0.39 is 4.92 Å². The SMILES string of the molecule is COC(=O)C1CCN(c2ccc([N+](=O)[O-])cc2Br)CC1. The molecule has 0 aromatic heterocycles. The molecule has 7 heteroatoms. The van der Waals surface area contributed by atoms with Gasteiger partial charge in [0.25, 0.3) is 5.69 Å². The van der Waals surface area contributed by atoms with E-state index in [2.05, 4.69) is 20.8 Å². The molecule has 1 aliphatic rings. The number of nitrogens with zero attached hydrogens (tertiary/aromatic N) is 2. The fourth-order valence-electron chi connectivity index (χ4n) is 2.39. The first-order valence-electron chi connectivity index (χ1n) is 6.29. The molecule has 1 heterocycles. The molecule has 0 aliphatic carbocycles. The summed E-state index contributed by atoms with van der Waals surface area (Å²) in [4.78, 5) is 23.9. The van der Waals surface area contributed by atoms with Crippen LogP contribution < -0.4 is 4.90 Å². The molecule has 1 aromatic carbocycles. The van der Waals surface area contributed by atoms with E-state index in [0.717, 1.165) is 31.6 Å². The zero-order valence-electron chi connectivity index (χ0n) is 11.0. The van der Waals surface area contributed by atoms with Gasteiger partial charge in [-0.25, -0.2) is 0 Å². The van der Waals surface area contributed by atoms with Crippen LogP contribution in [0.4, 0.5) is 11.4 Å². The third-order valence-electron chi connectivity index (χ3n) is 3.51. The second-order valence-corrected chi connectivity index (χ2v) is 5.53. The van der Waals surface area contributed by atoms with Gasteiger partial charge in [-0.2, -0.15) is 0 Å². The van der Waals surface area contributed by atoms with E-state index in [-0.39, 0.29) is 17.6 Å². The van der Waals surface area contributed by atoms with Gasteiger partial charge in [0.15, 0.2) is 0 Å². The summed E-state index contributed by atoms with van der Waals surface area (Å²) in [7, 11) is 1.40. The minimum atomic E-state index is -0.419. The van der Waals surface area contributed by atoms with Crippen LogP contribution in [0.5, 0.6) is 0 Å². The van der Waals surface area contributed by atoms with Crippen molar-refractivity contribution < 1.29 is 14.5 Å². The van der Waals surface area contributed by atoms with Gasteiger partial charge in [-0.1, -0.05) is 0 Å². The maximum absolute atomic E-state index is 11.5. The first-order chi connectivity index (χ1) is 9.52. The Morgan fingerprint density at radius 3 is 2.60 bits per heavy atom. The number of piperidine rings is 1. The fourth-order valence-corrected chi connectivity index (χ4v) is 3.01. The van der Waals surface area contributed by atoms with Crippen LogP contribution in [0, 0.1) is 16.0 Å². The number of rotatable bonds is 3. The molecule has 0 amide bonds. The van der Waals surface area contributed by atoms with E-state index in [0.29, 0.717) is 4.47 Å². The molecule has 6 nitrogen and oxygen atoms in total. The van der Waals surface area contributed by atoms with Crippen LogP contribution in [0.25, 0.3) is 0 Å². The predicted octanol–water partition coefficient (Wildman–Crippen LogP) is 2.75. The van der Waals surface area contributed by atoms with E-state index in [9.17, 15) is 14.9 Å². The average Bonchev–Trinajstić information content (AvgIpc) is 2.46. The number of nitro benzene ring substituents is 1. The van der Waals surface area contributed by atoms with Crippen LogP contribution in [0.3, 0.4) is 0 Å². The topological polar surface area (TPSA) is 72.7 Å². The number of carbonyl (C=O) groups is 1. The number of methoxy groups -OCH3 is 1. The number of carbonyl (C=O) groups excluding carboxylic acids is 1. The number of ether oxygens (including phenoxy) is 1. The van der Waals surface area contributed by atoms with Crippen molar-refractivity contribution >= 4 is 33.3 Å². The highest BCUT2D eigenvalue weighted by atomic mass is 79.9. The third kappa shape index (κ3) is 3.09. The maximum Gasteiger partial charge on any atom is 0.308 e. The number of nitro groups is 1. The summed E-state index contributed by atoms with van der Waals surface area (Å²) >= 11 is 3.37. The molecule has 0 N–H and O–H groups in total. The van der Waals surface area contributed by atoms with Crippen molar-refractivity contribution in [3.63, 3.8) is 0 Å². The highest BCUT2D eigenvalue weighted by Crippen LogP contribution is 2.32. The maximum atomic E-state index is 11.5. The van der Waals surface area contributed by atoms with Gasteiger partial charge in [0, 0.05) is 29.7 Å². The van der Waals surface area contributed by atoms with Crippen LogP contribution in [-0.4, -0.2) is 31.1 Å². The molecule has 2 rings (SSSR count). The van der Waals surface area contributed by atoms with Crippen molar-refractivity contribution in [1.82, 2.24) is 0 Å². The van der Waals surface area contributed by atoms with Gasteiger partial charge in [-0.05, 0) is 34.8 Å². The van der Waals surface area contributed by atoms with Crippen LogP contribution >= 0.6 is 15.9 Å². The minimum absolute atomic E-state index is 0.0481. The van der Waals surface area contributed by atoms with Gasteiger partial charge in [0.1, 0.15) is 0 Å². The van der Waals surface area contributed by atoms with E-state index in [1.807, 2.05) is 0 Å². The molecule has 0 spiro atoms. The molecule has 1 aliphatic heterocycles. The van der Waals surface area contributed by atoms with Crippen LogP contribution in [-0.2, 0) is 9.53 Å². The molecular weight excluding hydrogens is 328 g/mol. The number of non-ortho nitro benzene ring substituents is 1. The molecule has 1 aromatic rings. The van der Waals surface area contributed by atoms with Crippen molar-refractivity contribution in [3.8, 4) is 0 Å². The Bertz CT molecular complexity index is 527. The Balaban J connectivity index is 2.07. The summed E-state index contributed by atoms with van der Waals surface area (Å²) in [6.45, 7) is 1.46. The Morgan fingerprint density at radius 1 is 1.45 bits per heavy atom. The van der Waals surface area contributed by atoms with Gasteiger partial charge in [0.2, 0.25) is 0 Å². The van der Waals surface area contributed by atoms with Crippen molar-refractivity contribution in [1.29, 1.82) is 0 Å². The van der Waals surface area contributed by atoms with Crippen molar-refractivity contribution in [2.75, 3.05) is 25.1 Å². The second kappa shape index (κ2) is 6.21. The Morgan fingerprint density at radius 2 is 2.10 bits per heavy atom. The third-order valence-corrected chi connectivity index (χ3v) is 4.15. The lowest BCUT2D eigenvalue weighted by Gasteiger charge is -2.32. The molecule has 0 unspecified atom stereocenters. The fraction of sp³-hybridized carbons (Fsp3) is 0.462. The molecule has 0 bridgehead atoms. The molecular formula is C13H15BrN2O4. The molecule has 108 valence electrons. The monoisotopic (exact) mass is 342 g/mol. The quantitative estimate of drug-likeness (QED) is 0.479. The van der Waals surface area contributed by atoms with Crippen LogP contribution in [0.15, 0.2) is 22.7 Å². The van der Waals surface area contributed by atoms with Gasteiger partial charge in [-0.3, -0.25) is 14.9 Å². The summed E-state index contributed by atoms with van der Waals surface area (Å²) < 4.78 is 5.45. The number of hydrogen-bond acceptors (Lipinski definition) is 5. The molecule has 0 atom stereocenters. The summed E-state index contributed by atoms with van der Waals surface area (Å²) in [5, 5.41) is 10.7. The van der Waals surface area contributed by atoms with Crippen molar-refractivity contribution in [2.45, 2.75) is 12.8 Å². The van der Waals surface area contributed by atoms with E-state index >= 15 is 0 Å². The van der Waals surface area contributed by atoms with Gasteiger partial charge >= 0.3 is 5.97 Å². The summed E-state index contributed by atoms with van der Waals surface area (Å²) in [5.41, 5.74) is 0.976. The molecule has 1 saturated heterocycles. The smallest absolute Gasteiger partial charge is 0.308 e. The molecule has 0 saturated carbocycles. The Hall–Kier alpha value is -1.63. The second-order valence-electron chi connectivity index (χ2n) is 4.68. The number of benzene rings is 1. The van der Waals surface area contributed by atoms with Gasteiger partial charge in [0.05, 0.1) is 23.6 Å². The van der Waals surface area contributed by atoms with Crippen LogP contribution in [0.1, 0.15) is 12.8 Å². The van der Waals surface area contributed by atoms with E-state index in [4.69, 9.17) is 4.74 Å². The van der Waals surface area contributed by atoms with Crippen molar-refractivity contribution in [2.24, 2.45) is 5.92 Å². The average molecular weight is 343 g/mol. The number of esters is 1. The first-order valence-corrected chi connectivity index (χ1v) is 7.09. The van der Waals surface area contributed by atoms with E-state index in [1.54, 1.807) is 6.07 Å². The van der Waals surface area contributed by atoms with E-state index in [1.165, 1.54) is 19.2 Å². The molecule has 0 radical (unpaired) electrons. The Labute approximate surface area is 125 Å². The number of halogens is 1. The lowest BCUT2D eigenvalue weighted by atomic mass is 9.96. The minimum Gasteiger partial charge on any atom is -0.469 e. The largest absolute Gasteiger partial charge is 0.469 e. The lowest BCUT2D eigenvalue weighted by molar-refractivity contribution is -0.384. The summed E-state index contributed by atoms with van der Waals surface area (Å²) in [5.74, 6) is -0.208. The van der Waals surface area contributed by atoms with Crippen LogP contribution in [0.2, 0.25) is 0 Å². The van der Waals surface area contributed by atoms with Crippen molar-refractivity contribution in [3.05, 3.63) is 32.8 Å². The standard InChI is InChI=1S/C13H15BrN2O4/c1-20-13(17)9-4-6-15(7-5-9)12-3-2-10(16(18)19)8-11(12)14/h2-3,8-9H,4-7H2,1H3. The summed E-state index contributed by atoms with van der Waals surface area (Å²) in [6.07, 6.45) is 1.46. The normalized spacial score (nSPS) is 16.0. The lowest BCUT2D eigenvalue weighted by Crippen LogP contribution is -2.36. The van der Waals surface area contributed by atoms with Gasteiger partial charge in [-0.15, -0.1) is 0 Å². The molecule has 20 heavy (non-hydrogen) atoms. The molecule has 1 fully saturated rings. The van der Waals surface area contributed by atoms with Gasteiger partial charge < -0.3 is 9.64 Å². The number of anilines is 1. The highest BCUT2D eigenvalue weighted by Gasteiger charge is 2.26. The summed E-state index contributed by atoms with van der Waals surface area (Å²) in [6, 6.07) is 4.73. The zero-order valence-corrected chi connectivity index (χ0v) is 12.6. The number of hydrogen-bond donors (Lipinski definition) is 0. The highest BCUT2D eigenvalue weighted by molar-refractivity contribution is 9.10. The first kappa shape index (κ1) is 14.8. The Kier molecular flexibility index (Phi) is 4.59.